The van der Waals surface area contributed by atoms with Crippen molar-refractivity contribution in [2.75, 3.05) is 39.4 Å². The van der Waals surface area contributed by atoms with Crippen molar-refractivity contribution in [2.45, 2.75) is 71.2 Å². The van der Waals surface area contributed by atoms with Crippen LogP contribution in [0.15, 0.2) is 23.1 Å². The molecular weight excluding hydrogens is 452 g/mol. The highest BCUT2D eigenvalue weighted by atomic mass is 32.2. The molecule has 9 heteroatoms. The van der Waals surface area contributed by atoms with Crippen LogP contribution in [0.5, 0.6) is 0 Å². The Bertz CT molecular complexity index is 1060. The molecule has 0 N–H and O–H groups in total. The summed E-state index contributed by atoms with van der Waals surface area (Å²) in [6.45, 7) is 12.3. The quantitative estimate of drug-likeness (QED) is 0.451. The van der Waals surface area contributed by atoms with Gasteiger partial charge in [0.15, 0.2) is 0 Å². The van der Waals surface area contributed by atoms with E-state index in [1.54, 1.807) is 12.1 Å². The number of aromatic nitrogens is 2. The van der Waals surface area contributed by atoms with Crippen molar-refractivity contribution in [3.05, 3.63) is 24.0 Å². The van der Waals surface area contributed by atoms with Gasteiger partial charge < -0.3 is 14.2 Å². The summed E-state index contributed by atoms with van der Waals surface area (Å²) in [4.78, 5) is 20.0. The first-order chi connectivity index (χ1) is 16.3. The summed E-state index contributed by atoms with van der Waals surface area (Å²) < 4.78 is 35.1. The molecule has 190 valence electrons. The first kappa shape index (κ1) is 26.6. The lowest BCUT2D eigenvalue weighted by Gasteiger charge is -2.26. The predicted octanol–water partition coefficient (Wildman–Crippen LogP) is 3.68. The smallest absolute Gasteiger partial charge is 0.243 e. The Morgan fingerprint density at radius 2 is 1.85 bits per heavy atom. The van der Waals surface area contributed by atoms with Gasteiger partial charge in [-0.15, -0.1) is 0 Å². The first-order valence-corrected chi connectivity index (χ1v) is 14.1. The fourth-order valence-electron chi connectivity index (χ4n) is 4.56. The van der Waals surface area contributed by atoms with Crippen molar-refractivity contribution < 1.29 is 17.9 Å². The van der Waals surface area contributed by atoms with Gasteiger partial charge in [0.25, 0.3) is 0 Å². The second-order valence-electron chi connectivity index (χ2n) is 8.96. The van der Waals surface area contributed by atoms with Gasteiger partial charge in [0.2, 0.25) is 15.9 Å². The number of imidazole rings is 1. The average Bonchev–Trinajstić information content (AvgIpc) is 3.20. The molecule has 0 spiro atoms. The second-order valence-corrected chi connectivity index (χ2v) is 10.9. The molecular formula is C25H40N4O4S. The lowest BCUT2D eigenvalue weighted by Crippen LogP contribution is -2.40. The van der Waals surface area contributed by atoms with E-state index < -0.39 is 10.0 Å². The van der Waals surface area contributed by atoms with Crippen molar-refractivity contribution >= 4 is 27.0 Å². The van der Waals surface area contributed by atoms with Gasteiger partial charge in [-0.25, -0.2) is 13.4 Å². The first-order valence-electron chi connectivity index (χ1n) is 12.7. The molecule has 0 atom stereocenters. The van der Waals surface area contributed by atoms with Gasteiger partial charge in [-0.2, -0.15) is 4.31 Å². The van der Waals surface area contributed by atoms with Gasteiger partial charge in [0.1, 0.15) is 5.82 Å². The Labute approximate surface area is 204 Å². The van der Waals surface area contributed by atoms with Gasteiger partial charge in [-0.1, -0.05) is 33.6 Å². The summed E-state index contributed by atoms with van der Waals surface area (Å²) in [5.41, 5.74) is 1.57. The predicted molar refractivity (Wildman–Crippen MR) is 134 cm³/mol. The SMILES string of the molecule is CCCn1c(CCC(=O)N(CC)CC(CC)CC)nc2cc(S(=O)(=O)N3CCOCC3)ccc21. The van der Waals surface area contributed by atoms with Crippen LogP contribution in [0.2, 0.25) is 0 Å². The summed E-state index contributed by atoms with van der Waals surface area (Å²) in [5.74, 6) is 1.52. The highest BCUT2D eigenvalue weighted by Gasteiger charge is 2.27. The lowest BCUT2D eigenvalue weighted by molar-refractivity contribution is -0.131. The minimum absolute atomic E-state index is 0.153. The van der Waals surface area contributed by atoms with E-state index in [2.05, 4.69) is 25.3 Å². The minimum atomic E-state index is -3.58. The zero-order valence-corrected chi connectivity index (χ0v) is 21.9. The normalized spacial score (nSPS) is 15.3. The monoisotopic (exact) mass is 492 g/mol. The zero-order valence-electron chi connectivity index (χ0n) is 21.1. The summed E-state index contributed by atoms with van der Waals surface area (Å²) in [5, 5.41) is 0. The summed E-state index contributed by atoms with van der Waals surface area (Å²) >= 11 is 0. The Morgan fingerprint density at radius 3 is 2.47 bits per heavy atom. The number of aryl methyl sites for hydroxylation is 2. The minimum Gasteiger partial charge on any atom is -0.379 e. The highest BCUT2D eigenvalue weighted by Crippen LogP contribution is 2.24. The number of morpholine rings is 1. The number of fused-ring (bicyclic) bond motifs is 1. The molecule has 1 aliphatic heterocycles. The number of carbonyl (C=O) groups is 1. The molecule has 3 rings (SSSR count). The number of hydrogen-bond acceptors (Lipinski definition) is 5. The molecule has 8 nitrogen and oxygen atoms in total. The number of hydrogen-bond donors (Lipinski definition) is 0. The van der Waals surface area contributed by atoms with Crippen LogP contribution < -0.4 is 0 Å². The zero-order chi connectivity index (χ0) is 24.7. The Hall–Kier alpha value is -1.97. The molecule has 2 heterocycles. The van der Waals surface area contributed by atoms with Crippen molar-refractivity contribution in [1.82, 2.24) is 18.8 Å². The lowest BCUT2D eigenvalue weighted by atomic mass is 10.0. The number of carbonyl (C=O) groups excluding carboxylic acids is 1. The van der Waals surface area contributed by atoms with Gasteiger partial charge in [-0.05, 0) is 37.5 Å². The molecule has 1 fully saturated rings. The fraction of sp³-hybridized carbons (Fsp3) is 0.680. The van der Waals surface area contributed by atoms with Gasteiger partial charge in [-0.3, -0.25) is 4.79 Å². The third kappa shape index (κ3) is 5.98. The topological polar surface area (TPSA) is 84.7 Å². The number of amides is 1. The Balaban J connectivity index is 1.82. The molecule has 1 aliphatic rings. The van der Waals surface area contributed by atoms with Crippen LogP contribution >= 0.6 is 0 Å². The summed E-state index contributed by atoms with van der Waals surface area (Å²) in [7, 11) is -3.58. The Kier molecular flexibility index (Phi) is 9.50. The standard InChI is InChI=1S/C25H40N4O4S/c1-5-13-29-23-10-9-21(34(31,32)28-14-16-33-17-15-28)18-22(23)26-24(29)11-12-25(30)27(8-4)19-20(6-2)7-3/h9-10,18,20H,5-8,11-17,19H2,1-4H3. The molecule has 1 saturated heterocycles. The average molecular weight is 493 g/mol. The van der Waals surface area contributed by atoms with E-state index in [-0.39, 0.29) is 10.8 Å². The molecule has 1 aromatic carbocycles. The van der Waals surface area contributed by atoms with E-state index in [4.69, 9.17) is 9.72 Å². The molecule has 34 heavy (non-hydrogen) atoms. The van der Waals surface area contributed by atoms with Gasteiger partial charge in [0.05, 0.1) is 29.1 Å². The van der Waals surface area contributed by atoms with E-state index in [0.717, 1.165) is 43.7 Å². The molecule has 1 aromatic heterocycles. The van der Waals surface area contributed by atoms with Crippen LogP contribution in [0.25, 0.3) is 11.0 Å². The van der Waals surface area contributed by atoms with Crippen LogP contribution in [-0.2, 0) is 32.5 Å². The summed E-state index contributed by atoms with van der Waals surface area (Å²) in [6, 6.07) is 5.19. The maximum absolute atomic E-state index is 13.1. The third-order valence-corrected chi connectivity index (χ3v) is 8.68. The molecule has 1 amide bonds. The molecule has 0 unspecified atom stereocenters. The molecule has 0 radical (unpaired) electrons. The molecule has 0 saturated carbocycles. The van der Waals surface area contributed by atoms with E-state index in [9.17, 15) is 13.2 Å². The number of rotatable bonds is 12. The maximum atomic E-state index is 13.1. The van der Waals surface area contributed by atoms with E-state index in [1.807, 2.05) is 17.9 Å². The second kappa shape index (κ2) is 12.1. The molecule has 2 aromatic rings. The number of sulfonamides is 1. The Morgan fingerprint density at radius 1 is 1.15 bits per heavy atom. The van der Waals surface area contributed by atoms with Crippen molar-refractivity contribution in [3.63, 3.8) is 0 Å². The number of benzene rings is 1. The summed E-state index contributed by atoms with van der Waals surface area (Å²) in [6.07, 6.45) is 4.01. The van der Waals surface area contributed by atoms with Gasteiger partial charge >= 0.3 is 0 Å². The molecule has 0 bridgehead atoms. The van der Waals surface area contributed by atoms with Crippen molar-refractivity contribution in [3.8, 4) is 0 Å². The van der Waals surface area contributed by atoms with Crippen LogP contribution in [-0.4, -0.2) is 72.5 Å². The van der Waals surface area contributed by atoms with E-state index in [0.29, 0.717) is 57.1 Å². The van der Waals surface area contributed by atoms with Crippen LogP contribution in [0.1, 0.15) is 59.2 Å². The van der Waals surface area contributed by atoms with Gasteiger partial charge in [0, 0.05) is 45.6 Å². The third-order valence-electron chi connectivity index (χ3n) is 6.78. The van der Waals surface area contributed by atoms with Crippen LogP contribution in [0.4, 0.5) is 0 Å². The van der Waals surface area contributed by atoms with E-state index in [1.165, 1.54) is 4.31 Å². The fourth-order valence-corrected chi connectivity index (χ4v) is 5.99. The number of ether oxygens (including phenoxy) is 1. The van der Waals surface area contributed by atoms with E-state index >= 15 is 0 Å². The van der Waals surface area contributed by atoms with Crippen molar-refractivity contribution in [1.29, 1.82) is 0 Å². The van der Waals surface area contributed by atoms with Crippen LogP contribution in [0, 0.1) is 5.92 Å². The van der Waals surface area contributed by atoms with Crippen LogP contribution in [0.3, 0.4) is 0 Å². The largest absolute Gasteiger partial charge is 0.379 e. The van der Waals surface area contributed by atoms with Crippen molar-refractivity contribution in [2.24, 2.45) is 5.92 Å². The number of nitrogens with zero attached hydrogens (tertiary/aromatic N) is 4. The highest BCUT2D eigenvalue weighted by molar-refractivity contribution is 7.89. The molecule has 0 aliphatic carbocycles. The maximum Gasteiger partial charge on any atom is 0.243 e.